The number of benzene rings is 2. The Hall–Kier alpha value is -1.97. The molecular weight excluding hydrogens is 294 g/mol. The lowest BCUT2D eigenvalue weighted by molar-refractivity contribution is -0.819. The van der Waals surface area contributed by atoms with E-state index in [4.69, 9.17) is 9.97 Å². The van der Waals surface area contributed by atoms with Crippen LogP contribution in [0.4, 0.5) is 5.82 Å². The average Bonchev–Trinajstić information content (AvgIpc) is 3.09. The normalized spacial score (nSPS) is 14.9. The van der Waals surface area contributed by atoms with Gasteiger partial charge in [0.25, 0.3) is 0 Å². The molecule has 3 nitrogen and oxygen atoms in total. The zero-order chi connectivity index (χ0) is 14.1. The highest BCUT2D eigenvalue weighted by Gasteiger charge is 2.23. The Morgan fingerprint density at radius 3 is 2.23 bits per heavy atom. The molecule has 4 heteroatoms. The van der Waals surface area contributed by atoms with Gasteiger partial charge in [0.15, 0.2) is 5.82 Å². The van der Waals surface area contributed by atoms with E-state index in [9.17, 15) is 0 Å². The third-order valence-electron chi connectivity index (χ3n) is 4.18. The Balaban J connectivity index is 0.00000144. The van der Waals surface area contributed by atoms with E-state index in [0.29, 0.717) is 0 Å². The van der Waals surface area contributed by atoms with E-state index in [1.807, 2.05) is 24.3 Å². The Labute approximate surface area is 136 Å². The van der Waals surface area contributed by atoms with E-state index in [2.05, 4.69) is 30.3 Å². The summed E-state index contributed by atoms with van der Waals surface area (Å²) >= 11 is 0. The molecule has 1 saturated heterocycles. The zero-order valence-electron chi connectivity index (χ0n) is 12.3. The molecule has 0 spiro atoms. The number of para-hydroxylation sites is 1. The molecule has 0 unspecified atom stereocenters. The summed E-state index contributed by atoms with van der Waals surface area (Å²) in [6.07, 6.45) is 2.57. The fourth-order valence-corrected chi connectivity index (χ4v) is 3.10. The van der Waals surface area contributed by atoms with Crippen molar-refractivity contribution in [2.24, 2.45) is 0 Å². The molecule has 3 aromatic rings. The van der Waals surface area contributed by atoms with E-state index in [-0.39, 0.29) is 12.4 Å². The van der Waals surface area contributed by atoms with Crippen molar-refractivity contribution < 1.29 is 17.3 Å². The van der Waals surface area contributed by atoms with Crippen molar-refractivity contribution >= 4 is 16.7 Å². The lowest BCUT2D eigenvalue weighted by Gasteiger charge is -2.14. The molecule has 2 heterocycles. The Kier molecular flexibility index (Phi) is 4.36. The summed E-state index contributed by atoms with van der Waals surface area (Å²) in [6.45, 7) is 2.35. The Bertz CT molecular complexity index is 768. The minimum Gasteiger partial charge on any atom is -1.00 e. The van der Waals surface area contributed by atoms with Crippen LogP contribution < -0.4 is 17.3 Å². The molecule has 0 saturated carbocycles. The molecule has 0 amide bonds. The topological polar surface area (TPSA) is 30.2 Å². The average molecular weight is 312 g/mol. The minimum absolute atomic E-state index is 0. The molecule has 112 valence electrons. The van der Waals surface area contributed by atoms with Gasteiger partial charge in [-0.1, -0.05) is 42.5 Å². The van der Waals surface area contributed by atoms with Crippen LogP contribution in [-0.4, -0.2) is 23.1 Å². The van der Waals surface area contributed by atoms with Gasteiger partial charge >= 0.3 is 0 Å². The SMILES string of the molecule is [Cl-].c1ccc(-c2nc([NH+]3CCCC3)c3ccccc3n2)cc1. The molecule has 2 aromatic carbocycles. The van der Waals surface area contributed by atoms with Crippen LogP contribution in [0, 0.1) is 0 Å². The lowest BCUT2D eigenvalue weighted by atomic mass is 10.2. The van der Waals surface area contributed by atoms with Gasteiger partial charge in [0.1, 0.15) is 0 Å². The number of hydrogen-bond donors (Lipinski definition) is 1. The third kappa shape index (κ3) is 2.70. The number of aromatic nitrogens is 2. The fourth-order valence-electron chi connectivity index (χ4n) is 3.10. The Morgan fingerprint density at radius 2 is 1.45 bits per heavy atom. The van der Waals surface area contributed by atoms with E-state index in [0.717, 1.165) is 22.7 Å². The molecule has 22 heavy (non-hydrogen) atoms. The highest BCUT2D eigenvalue weighted by Crippen LogP contribution is 2.23. The van der Waals surface area contributed by atoms with Gasteiger partial charge in [-0.15, -0.1) is 0 Å². The van der Waals surface area contributed by atoms with Crippen LogP contribution in [0.3, 0.4) is 0 Å². The van der Waals surface area contributed by atoms with E-state index < -0.39 is 0 Å². The van der Waals surface area contributed by atoms with Crippen molar-refractivity contribution in [1.29, 1.82) is 0 Å². The maximum Gasteiger partial charge on any atom is 0.237 e. The first-order valence-electron chi connectivity index (χ1n) is 7.59. The number of rotatable bonds is 2. The first kappa shape index (κ1) is 14.9. The lowest BCUT2D eigenvalue weighted by Crippen LogP contribution is -3.05. The van der Waals surface area contributed by atoms with Crippen molar-refractivity contribution in [2.75, 3.05) is 13.1 Å². The predicted octanol–water partition coefficient (Wildman–Crippen LogP) is -0.389. The summed E-state index contributed by atoms with van der Waals surface area (Å²) in [5.41, 5.74) is 2.13. The molecule has 1 aliphatic rings. The number of quaternary nitrogens is 1. The van der Waals surface area contributed by atoms with Gasteiger partial charge in [-0.3, -0.25) is 4.90 Å². The molecular formula is C18H18ClN3. The van der Waals surface area contributed by atoms with Crippen LogP contribution in [0.25, 0.3) is 22.3 Å². The van der Waals surface area contributed by atoms with E-state index in [1.54, 1.807) is 0 Å². The summed E-state index contributed by atoms with van der Waals surface area (Å²) in [5.74, 6) is 2.00. The second-order valence-electron chi connectivity index (χ2n) is 5.59. The molecule has 0 bridgehead atoms. The number of nitrogens with zero attached hydrogens (tertiary/aromatic N) is 2. The number of hydrogen-bond acceptors (Lipinski definition) is 2. The standard InChI is InChI=1S/C18H17N3.ClH/c1-2-8-14(9-3-1)17-19-16-11-5-4-10-15(16)18(20-17)21-12-6-7-13-21;/h1-5,8-11H,6-7,12-13H2;1H. The largest absolute Gasteiger partial charge is 1.00 e. The third-order valence-corrected chi connectivity index (χ3v) is 4.18. The van der Waals surface area contributed by atoms with Crippen molar-refractivity contribution in [2.45, 2.75) is 12.8 Å². The second kappa shape index (κ2) is 6.42. The summed E-state index contributed by atoms with van der Waals surface area (Å²) in [7, 11) is 0. The molecule has 1 N–H and O–H groups in total. The number of fused-ring (bicyclic) bond motifs is 1. The van der Waals surface area contributed by atoms with Gasteiger partial charge in [0.05, 0.1) is 24.0 Å². The quantitative estimate of drug-likeness (QED) is 0.699. The van der Waals surface area contributed by atoms with Crippen molar-refractivity contribution in [3.63, 3.8) is 0 Å². The molecule has 1 aromatic heterocycles. The molecule has 0 atom stereocenters. The molecule has 1 fully saturated rings. The number of halogens is 1. The van der Waals surface area contributed by atoms with Crippen molar-refractivity contribution in [1.82, 2.24) is 9.97 Å². The van der Waals surface area contributed by atoms with Crippen molar-refractivity contribution in [3.8, 4) is 11.4 Å². The zero-order valence-corrected chi connectivity index (χ0v) is 13.1. The Morgan fingerprint density at radius 1 is 0.773 bits per heavy atom. The first-order valence-corrected chi connectivity index (χ1v) is 7.59. The summed E-state index contributed by atoms with van der Waals surface area (Å²) in [5, 5.41) is 1.19. The van der Waals surface area contributed by atoms with Gasteiger partial charge in [-0.2, -0.15) is 4.98 Å². The highest BCUT2D eigenvalue weighted by molar-refractivity contribution is 5.87. The van der Waals surface area contributed by atoms with Gasteiger partial charge in [0.2, 0.25) is 5.82 Å². The van der Waals surface area contributed by atoms with Gasteiger partial charge in [-0.25, -0.2) is 4.98 Å². The monoisotopic (exact) mass is 311 g/mol. The van der Waals surface area contributed by atoms with Gasteiger partial charge in [-0.05, 0) is 12.1 Å². The van der Waals surface area contributed by atoms with Gasteiger partial charge < -0.3 is 12.4 Å². The van der Waals surface area contributed by atoms with Crippen LogP contribution in [-0.2, 0) is 0 Å². The minimum atomic E-state index is 0. The van der Waals surface area contributed by atoms with Gasteiger partial charge in [0, 0.05) is 18.4 Å². The van der Waals surface area contributed by atoms with Crippen LogP contribution in [0.5, 0.6) is 0 Å². The van der Waals surface area contributed by atoms with E-state index >= 15 is 0 Å². The fraction of sp³-hybridized carbons (Fsp3) is 0.222. The second-order valence-corrected chi connectivity index (χ2v) is 5.59. The molecule has 0 radical (unpaired) electrons. The van der Waals surface area contributed by atoms with Crippen LogP contribution in [0.2, 0.25) is 0 Å². The van der Waals surface area contributed by atoms with E-state index in [1.165, 1.54) is 36.2 Å². The first-order chi connectivity index (χ1) is 10.4. The predicted molar refractivity (Wildman–Crippen MR) is 84.6 cm³/mol. The van der Waals surface area contributed by atoms with Crippen LogP contribution in [0.1, 0.15) is 12.8 Å². The summed E-state index contributed by atoms with van der Waals surface area (Å²) in [6, 6.07) is 18.6. The van der Waals surface area contributed by atoms with Crippen molar-refractivity contribution in [3.05, 3.63) is 54.6 Å². The van der Waals surface area contributed by atoms with Crippen LogP contribution >= 0.6 is 0 Å². The van der Waals surface area contributed by atoms with Crippen LogP contribution in [0.15, 0.2) is 54.6 Å². The smallest absolute Gasteiger partial charge is 0.237 e. The summed E-state index contributed by atoms with van der Waals surface area (Å²) < 4.78 is 0. The molecule has 0 aliphatic carbocycles. The summed E-state index contributed by atoms with van der Waals surface area (Å²) in [4.78, 5) is 11.1. The molecule has 4 rings (SSSR count). The highest BCUT2D eigenvalue weighted by atomic mass is 35.5. The molecule has 1 aliphatic heterocycles. The maximum atomic E-state index is 4.90. The maximum absolute atomic E-state index is 4.90. The number of nitrogens with one attached hydrogen (secondary N) is 1.